The molecular formula is C13H15N3O3S. The average Bonchev–Trinajstić information content (AvgIpc) is 2.85. The summed E-state index contributed by atoms with van der Waals surface area (Å²) in [6, 6.07) is 5.17. The molecule has 0 amide bonds. The lowest BCUT2D eigenvalue weighted by Gasteiger charge is -2.16. The number of aromatic nitrogens is 1. The van der Waals surface area contributed by atoms with Crippen molar-refractivity contribution in [1.82, 2.24) is 4.98 Å². The maximum absolute atomic E-state index is 11.1. The van der Waals surface area contributed by atoms with Gasteiger partial charge in [0.15, 0.2) is 5.00 Å². The van der Waals surface area contributed by atoms with Crippen molar-refractivity contribution in [3.05, 3.63) is 51.1 Å². The number of nitrogens with zero attached hydrogens (tertiary/aromatic N) is 3. The Morgan fingerprint density at radius 3 is 2.70 bits per heavy atom. The smallest absolute Gasteiger partial charge is 0.304 e. The summed E-state index contributed by atoms with van der Waals surface area (Å²) in [6.07, 6.45) is 2.67. The molecule has 0 bridgehead atoms. The van der Waals surface area contributed by atoms with Crippen LogP contribution in [0.4, 0.5) is 10.7 Å². The van der Waals surface area contributed by atoms with Crippen LogP contribution >= 0.6 is 11.3 Å². The minimum atomic E-state index is -0.707. The lowest BCUT2D eigenvalue weighted by atomic mass is 10.2. The number of aliphatic hydroxyl groups is 1. The topological polar surface area (TPSA) is 79.5 Å². The Balaban J connectivity index is 2.28. The van der Waals surface area contributed by atoms with Gasteiger partial charge in [0, 0.05) is 36.9 Å². The summed E-state index contributed by atoms with van der Waals surface area (Å²) in [5.41, 5.74) is 1.05. The highest BCUT2D eigenvalue weighted by Gasteiger charge is 2.23. The fourth-order valence-corrected chi connectivity index (χ4v) is 2.86. The molecule has 0 aliphatic heterocycles. The van der Waals surface area contributed by atoms with Crippen LogP contribution in [0.2, 0.25) is 0 Å². The molecule has 2 aromatic rings. The number of aliphatic hydroxyl groups excluding tert-OH is 1. The fraction of sp³-hybridized carbons (Fsp3) is 0.308. The molecule has 0 aromatic carbocycles. The molecule has 1 N–H and O–H groups in total. The molecule has 0 unspecified atom stereocenters. The van der Waals surface area contributed by atoms with Crippen LogP contribution in [0.5, 0.6) is 0 Å². The molecule has 2 aromatic heterocycles. The van der Waals surface area contributed by atoms with Crippen LogP contribution < -0.4 is 4.90 Å². The Morgan fingerprint density at radius 1 is 1.50 bits per heavy atom. The van der Waals surface area contributed by atoms with E-state index in [1.165, 1.54) is 17.4 Å². The van der Waals surface area contributed by atoms with E-state index >= 15 is 0 Å². The average molecular weight is 293 g/mol. The van der Waals surface area contributed by atoms with E-state index in [1.54, 1.807) is 26.4 Å². The van der Waals surface area contributed by atoms with Gasteiger partial charge < -0.3 is 10.0 Å². The van der Waals surface area contributed by atoms with Gasteiger partial charge in [-0.25, -0.2) is 0 Å². The van der Waals surface area contributed by atoms with E-state index in [1.807, 2.05) is 17.0 Å². The van der Waals surface area contributed by atoms with Crippen LogP contribution in [0.3, 0.4) is 0 Å². The number of hydrogen-bond donors (Lipinski definition) is 1. The van der Waals surface area contributed by atoms with Gasteiger partial charge in [-0.3, -0.25) is 15.1 Å². The number of anilines is 1. The standard InChI is InChI=1S/C13H15N3O3S/c1-9(17)12-7-11(16(18)19)13(20-12)15(2)8-10-3-5-14-6-4-10/h3-7,9,17H,8H2,1-2H3/t9-/m0/s1. The van der Waals surface area contributed by atoms with Crippen LogP contribution in [0, 0.1) is 10.1 Å². The third-order valence-electron chi connectivity index (χ3n) is 2.84. The Kier molecular flexibility index (Phi) is 4.31. The van der Waals surface area contributed by atoms with Crippen molar-refractivity contribution in [2.24, 2.45) is 0 Å². The Hall–Kier alpha value is -1.99. The van der Waals surface area contributed by atoms with Gasteiger partial charge in [-0.05, 0) is 24.6 Å². The number of hydrogen-bond acceptors (Lipinski definition) is 6. The zero-order chi connectivity index (χ0) is 14.7. The Morgan fingerprint density at radius 2 is 2.15 bits per heavy atom. The number of thiophene rings is 1. The third kappa shape index (κ3) is 3.12. The normalized spacial score (nSPS) is 12.2. The summed E-state index contributed by atoms with van der Waals surface area (Å²) in [7, 11) is 1.80. The maximum Gasteiger partial charge on any atom is 0.304 e. The second-order valence-electron chi connectivity index (χ2n) is 4.48. The summed E-state index contributed by atoms with van der Waals surface area (Å²) in [6.45, 7) is 2.14. The van der Waals surface area contributed by atoms with Gasteiger partial charge in [-0.2, -0.15) is 0 Å². The van der Waals surface area contributed by atoms with E-state index in [9.17, 15) is 15.2 Å². The summed E-state index contributed by atoms with van der Waals surface area (Å²) < 4.78 is 0. The predicted octanol–water partition coefficient (Wildman–Crippen LogP) is 2.74. The molecule has 1 atom stereocenters. The molecule has 0 spiro atoms. The maximum atomic E-state index is 11.1. The molecule has 7 heteroatoms. The van der Waals surface area contributed by atoms with Gasteiger partial charge in [-0.1, -0.05) is 0 Å². The molecule has 0 fully saturated rings. The van der Waals surface area contributed by atoms with Gasteiger partial charge in [0.1, 0.15) is 0 Å². The first kappa shape index (κ1) is 14.4. The highest BCUT2D eigenvalue weighted by atomic mass is 32.1. The van der Waals surface area contributed by atoms with Gasteiger partial charge >= 0.3 is 5.69 Å². The summed E-state index contributed by atoms with van der Waals surface area (Å²) in [5.74, 6) is 0. The van der Waals surface area contributed by atoms with E-state index < -0.39 is 11.0 Å². The van der Waals surface area contributed by atoms with E-state index in [0.717, 1.165) is 5.56 Å². The second kappa shape index (κ2) is 5.98. The van der Waals surface area contributed by atoms with Crippen LogP contribution in [0.25, 0.3) is 0 Å². The van der Waals surface area contributed by atoms with Crippen molar-refractivity contribution in [2.45, 2.75) is 19.6 Å². The summed E-state index contributed by atoms with van der Waals surface area (Å²) in [5, 5.41) is 21.2. The van der Waals surface area contributed by atoms with Gasteiger partial charge in [0.25, 0.3) is 0 Å². The number of rotatable bonds is 5. The highest BCUT2D eigenvalue weighted by Crippen LogP contribution is 2.40. The van der Waals surface area contributed by atoms with Gasteiger partial charge in [0.2, 0.25) is 0 Å². The van der Waals surface area contributed by atoms with Crippen LogP contribution in [0.15, 0.2) is 30.6 Å². The van der Waals surface area contributed by atoms with E-state index in [-0.39, 0.29) is 5.69 Å². The quantitative estimate of drug-likeness (QED) is 0.677. The number of nitro groups is 1. The molecule has 0 saturated heterocycles. The van der Waals surface area contributed by atoms with Crippen molar-refractivity contribution >= 4 is 22.0 Å². The van der Waals surface area contributed by atoms with Crippen LogP contribution in [0.1, 0.15) is 23.5 Å². The molecule has 2 rings (SSSR count). The minimum Gasteiger partial charge on any atom is -0.388 e. The molecule has 20 heavy (non-hydrogen) atoms. The Bertz CT molecular complexity index is 598. The number of pyridine rings is 1. The van der Waals surface area contributed by atoms with Gasteiger partial charge in [-0.15, -0.1) is 11.3 Å². The molecule has 0 aliphatic carbocycles. The monoisotopic (exact) mass is 293 g/mol. The molecule has 106 valence electrons. The third-order valence-corrected chi connectivity index (χ3v) is 4.25. The Labute approximate surface area is 120 Å². The van der Waals surface area contributed by atoms with E-state index in [2.05, 4.69) is 4.98 Å². The first-order chi connectivity index (χ1) is 9.49. The molecule has 6 nitrogen and oxygen atoms in total. The zero-order valence-electron chi connectivity index (χ0n) is 11.2. The van der Waals surface area contributed by atoms with Crippen LogP contribution in [-0.4, -0.2) is 22.1 Å². The van der Waals surface area contributed by atoms with E-state index in [0.29, 0.717) is 16.4 Å². The minimum absolute atomic E-state index is 0.0301. The summed E-state index contributed by atoms with van der Waals surface area (Å²) >= 11 is 1.24. The van der Waals surface area contributed by atoms with Crippen molar-refractivity contribution in [2.75, 3.05) is 11.9 Å². The summed E-state index contributed by atoms with van der Waals surface area (Å²) in [4.78, 5) is 17.0. The lowest BCUT2D eigenvalue weighted by Crippen LogP contribution is -2.16. The van der Waals surface area contributed by atoms with Crippen LogP contribution in [-0.2, 0) is 6.54 Å². The molecular weight excluding hydrogens is 278 g/mol. The fourth-order valence-electron chi connectivity index (χ4n) is 1.83. The van der Waals surface area contributed by atoms with Crippen molar-refractivity contribution in [3.63, 3.8) is 0 Å². The first-order valence-corrected chi connectivity index (χ1v) is 6.87. The van der Waals surface area contributed by atoms with E-state index in [4.69, 9.17) is 0 Å². The molecule has 0 saturated carbocycles. The lowest BCUT2D eigenvalue weighted by molar-refractivity contribution is -0.383. The largest absolute Gasteiger partial charge is 0.388 e. The molecule has 0 radical (unpaired) electrons. The second-order valence-corrected chi connectivity index (χ2v) is 5.55. The molecule has 2 heterocycles. The highest BCUT2D eigenvalue weighted by molar-refractivity contribution is 7.16. The van der Waals surface area contributed by atoms with Crippen molar-refractivity contribution in [1.29, 1.82) is 0 Å². The zero-order valence-corrected chi connectivity index (χ0v) is 12.0. The van der Waals surface area contributed by atoms with Gasteiger partial charge in [0.05, 0.1) is 11.0 Å². The molecule has 0 aliphatic rings. The SMILES string of the molecule is C[C@H](O)c1cc([N+](=O)[O-])c(N(C)Cc2ccncc2)s1. The van der Waals surface area contributed by atoms with Crippen molar-refractivity contribution in [3.8, 4) is 0 Å². The first-order valence-electron chi connectivity index (χ1n) is 6.05. The van der Waals surface area contributed by atoms with Crippen molar-refractivity contribution < 1.29 is 10.0 Å². The predicted molar refractivity (Wildman–Crippen MR) is 78.0 cm³/mol.